The van der Waals surface area contributed by atoms with Gasteiger partial charge in [0.25, 0.3) is 0 Å². The highest BCUT2D eigenvalue weighted by molar-refractivity contribution is 8.05. The van der Waals surface area contributed by atoms with Gasteiger partial charge < -0.3 is 4.84 Å². The van der Waals surface area contributed by atoms with E-state index in [2.05, 4.69) is 5.16 Å². The van der Waals surface area contributed by atoms with Crippen LogP contribution in [0, 0.1) is 18.3 Å². The van der Waals surface area contributed by atoms with Crippen molar-refractivity contribution in [3.05, 3.63) is 35.4 Å². The first kappa shape index (κ1) is 12.6. The first-order chi connectivity index (χ1) is 8.51. The fourth-order valence-electron chi connectivity index (χ4n) is 1.71. The monoisotopic (exact) mass is 264 g/mol. The Hall–Kier alpha value is -1.87. The van der Waals surface area contributed by atoms with Crippen molar-refractivity contribution in [3.8, 4) is 6.07 Å². The van der Waals surface area contributed by atoms with Crippen LogP contribution < -0.4 is 0 Å². The van der Waals surface area contributed by atoms with Gasteiger partial charge in [-0.3, -0.25) is 0 Å². The van der Waals surface area contributed by atoms with E-state index in [-0.39, 0.29) is 17.2 Å². The van der Waals surface area contributed by atoms with E-state index in [0.29, 0.717) is 5.56 Å². The van der Waals surface area contributed by atoms with Crippen molar-refractivity contribution < 1.29 is 13.3 Å². The Bertz CT molecular complexity index is 629. The van der Waals surface area contributed by atoms with Gasteiger partial charge in [0.1, 0.15) is 6.07 Å². The number of hydrogen-bond donors (Lipinski definition) is 0. The molecule has 1 aliphatic heterocycles. The summed E-state index contributed by atoms with van der Waals surface area (Å²) < 4.78 is 24.1. The molecule has 1 aromatic rings. The van der Waals surface area contributed by atoms with Gasteiger partial charge in [0, 0.05) is 0 Å². The number of nitrogens with zero attached hydrogens (tertiary/aromatic N) is 2. The molecule has 0 bridgehead atoms. The van der Waals surface area contributed by atoms with Gasteiger partial charge in [-0.2, -0.15) is 5.26 Å². The number of sulfone groups is 1. The van der Waals surface area contributed by atoms with Crippen LogP contribution in [0.1, 0.15) is 17.5 Å². The largest absolute Gasteiger partial charge is 0.376 e. The minimum atomic E-state index is -3.50. The maximum absolute atomic E-state index is 12.1. The molecule has 0 saturated heterocycles. The number of hydrogen-bond acceptors (Lipinski definition) is 5. The Kier molecular flexibility index (Phi) is 3.34. The summed E-state index contributed by atoms with van der Waals surface area (Å²) in [4.78, 5) is 4.71. The maximum Gasteiger partial charge on any atom is 0.218 e. The van der Waals surface area contributed by atoms with Crippen molar-refractivity contribution in [2.75, 3.05) is 0 Å². The molecule has 0 aliphatic carbocycles. The summed E-state index contributed by atoms with van der Waals surface area (Å²) in [5, 5.41) is 12.1. The molecule has 6 heteroatoms. The Morgan fingerprint density at radius 1 is 1.56 bits per heavy atom. The molecule has 5 nitrogen and oxygen atoms in total. The molecule has 2 rings (SSSR count). The number of aryl methyl sites for hydroxylation is 1. The van der Waals surface area contributed by atoms with Gasteiger partial charge >= 0.3 is 0 Å². The number of oxime groups is 1. The van der Waals surface area contributed by atoms with E-state index in [9.17, 15) is 8.42 Å². The van der Waals surface area contributed by atoms with Crippen LogP contribution >= 0.6 is 0 Å². The molecular weight excluding hydrogens is 252 g/mol. The van der Waals surface area contributed by atoms with Crippen molar-refractivity contribution in [3.63, 3.8) is 0 Å². The van der Waals surface area contributed by atoms with Crippen LogP contribution in [0.25, 0.3) is 0 Å². The van der Waals surface area contributed by atoms with Gasteiger partial charge in [-0.1, -0.05) is 35.0 Å². The van der Waals surface area contributed by atoms with Gasteiger partial charge in [-0.15, -0.1) is 0 Å². The van der Waals surface area contributed by atoms with E-state index in [4.69, 9.17) is 10.1 Å². The van der Waals surface area contributed by atoms with Crippen LogP contribution in [0.2, 0.25) is 0 Å². The van der Waals surface area contributed by atoms with Crippen LogP contribution in [-0.2, 0) is 20.4 Å². The van der Waals surface area contributed by atoms with Gasteiger partial charge in [0.05, 0.1) is 12.2 Å². The summed E-state index contributed by atoms with van der Waals surface area (Å²) in [6.07, 6.45) is -0.753. The molecule has 0 fully saturated rings. The zero-order chi connectivity index (χ0) is 13.2. The molecule has 1 aromatic carbocycles. The van der Waals surface area contributed by atoms with Crippen LogP contribution in [0.4, 0.5) is 0 Å². The molecule has 0 saturated carbocycles. The van der Waals surface area contributed by atoms with Crippen LogP contribution in [0.15, 0.2) is 29.4 Å². The van der Waals surface area contributed by atoms with Gasteiger partial charge in [0.15, 0.2) is 14.9 Å². The molecule has 18 heavy (non-hydrogen) atoms. The Labute approximate surface area is 106 Å². The normalized spacial score (nSPS) is 18.9. The van der Waals surface area contributed by atoms with E-state index in [1.807, 2.05) is 31.2 Å². The first-order valence-electron chi connectivity index (χ1n) is 5.42. The third-order valence-electron chi connectivity index (χ3n) is 2.58. The maximum atomic E-state index is 12.1. The second kappa shape index (κ2) is 4.78. The molecule has 1 aliphatic rings. The molecule has 0 N–H and O–H groups in total. The second-order valence-electron chi connectivity index (χ2n) is 4.16. The van der Waals surface area contributed by atoms with E-state index in [1.54, 1.807) is 6.07 Å². The van der Waals surface area contributed by atoms with Crippen molar-refractivity contribution >= 4 is 14.9 Å². The highest BCUT2D eigenvalue weighted by atomic mass is 32.2. The molecule has 0 amide bonds. The van der Waals surface area contributed by atoms with E-state index >= 15 is 0 Å². The number of nitriles is 1. The topological polar surface area (TPSA) is 79.5 Å². The van der Waals surface area contributed by atoms with Gasteiger partial charge in [0.2, 0.25) is 6.10 Å². The molecular formula is C12H12N2O3S. The average Bonchev–Trinajstić information content (AvgIpc) is 2.77. The highest BCUT2D eigenvalue weighted by Crippen LogP contribution is 2.18. The van der Waals surface area contributed by atoms with Crippen LogP contribution in [-0.4, -0.2) is 19.6 Å². The van der Waals surface area contributed by atoms with Gasteiger partial charge in [-0.25, -0.2) is 8.42 Å². The lowest BCUT2D eigenvalue weighted by atomic mass is 10.2. The van der Waals surface area contributed by atoms with Crippen molar-refractivity contribution in [1.82, 2.24) is 0 Å². The summed E-state index contributed by atoms with van der Waals surface area (Å²) in [5.74, 6) is -0.116. The molecule has 1 atom stereocenters. The molecule has 0 radical (unpaired) electrons. The zero-order valence-corrected chi connectivity index (χ0v) is 10.6. The third kappa shape index (κ3) is 2.68. The first-order valence-corrected chi connectivity index (χ1v) is 7.07. The quantitative estimate of drug-likeness (QED) is 0.811. The third-order valence-corrected chi connectivity index (χ3v) is 4.26. The second-order valence-corrected chi connectivity index (χ2v) is 6.15. The smallest absolute Gasteiger partial charge is 0.218 e. The van der Waals surface area contributed by atoms with Crippen LogP contribution in [0.3, 0.4) is 0 Å². The summed E-state index contributed by atoms with van der Waals surface area (Å²) >= 11 is 0. The summed E-state index contributed by atoms with van der Waals surface area (Å²) in [5.41, 5.74) is 1.71. The molecule has 94 valence electrons. The van der Waals surface area contributed by atoms with Gasteiger partial charge in [-0.05, 0) is 12.5 Å². The Morgan fingerprint density at radius 2 is 2.33 bits per heavy atom. The fourth-order valence-corrected chi connectivity index (χ4v) is 3.06. The number of rotatable bonds is 2. The number of benzene rings is 1. The molecule has 1 unspecified atom stereocenters. The minimum absolute atomic E-state index is 0.0324. The Balaban J connectivity index is 2.17. The lowest BCUT2D eigenvalue weighted by Crippen LogP contribution is -2.17. The van der Waals surface area contributed by atoms with Crippen molar-refractivity contribution in [1.29, 1.82) is 5.26 Å². The van der Waals surface area contributed by atoms with E-state index in [1.165, 1.54) is 0 Å². The lowest BCUT2D eigenvalue weighted by Gasteiger charge is -2.03. The summed E-state index contributed by atoms with van der Waals surface area (Å²) in [6.45, 7) is 1.90. The fraction of sp³-hybridized carbons (Fsp3) is 0.333. The molecule has 1 heterocycles. The van der Waals surface area contributed by atoms with Crippen molar-refractivity contribution in [2.24, 2.45) is 5.16 Å². The predicted octanol–water partition coefficient (Wildman–Crippen LogP) is 1.54. The van der Waals surface area contributed by atoms with Crippen LogP contribution in [0.5, 0.6) is 0 Å². The SMILES string of the molecule is Cc1cccc(CS(=O)(=O)C2=NOC(C#N)C2)c1. The minimum Gasteiger partial charge on any atom is -0.376 e. The standard InChI is InChI=1S/C12H12N2O3S/c1-9-3-2-4-10(5-9)8-18(15,16)12-6-11(7-13)17-14-12/h2-5,11H,6,8H2,1H3. The van der Waals surface area contributed by atoms with E-state index in [0.717, 1.165) is 5.56 Å². The van der Waals surface area contributed by atoms with Crippen molar-refractivity contribution in [2.45, 2.75) is 25.2 Å². The molecule has 0 aromatic heterocycles. The average molecular weight is 264 g/mol. The zero-order valence-electron chi connectivity index (χ0n) is 9.83. The predicted molar refractivity (Wildman–Crippen MR) is 66.3 cm³/mol. The summed E-state index contributed by atoms with van der Waals surface area (Å²) in [7, 11) is -3.50. The Morgan fingerprint density at radius 3 is 2.94 bits per heavy atom. The lowest BCUT2D eigenvalue weighted by molar-refractivity contribution is 0.125. The molecule has 0 spiro atoms. The summed E-state index contributed by atoms with van der Waals surface area (Å²) in [6, 6.07) is 9.12. The van der Waals surface area contributed by atoms with E-state index < -0.39 is 15.9 Å². The highest BCUT2D eigenvalue weighted by Gasteiger charge is 2.30.